The van der Waals surface area contributed by atoms with Gasteiger partial charge in [-0.05, 0) is 34.9 Å². The van der Waals surface area contributed by atoms with E-state index in [1.165, 1.54) is 0 Å². The van der Waals surface area contributed by atoms with Crippen LogP contribution >= 0.6 is 0 Å². The van der Waals surface area contributed by atoms with E-state index < -0.39 is 0 Å². The van der Waals surface area contributed by atoms with Crippen LogP contribution in [0.4, 0.5) is 0 Å². The van der Waals surface area contributed by atoms with Crippen molar-refractivity contribution in [2.45, 2.75) is 19.8 Å². The number of carbonyl (C=O) groups is 1. The van der Waals surface area contributed by atoms with Crippen LogP contribution in [0.5, 0.6) is 5.75 Å². The Labute approximate surface area is 159 Å². The minimum absolute atomic E-state index is 0.131. The molecule has 0 spiro atoms. The molecule has 1 amide bonds. The summed E-state index contributed by atoms with van der Waals surface area (Å²) >= 11 is 0. The number of rotatable bonds is 8. The summed E-state index contributed by atoms with van der Waals surface area (Å²) in [4.78, 5) is 12.4. The van der Waals surface area contributed by atoms with Gasteiger partial charge in [0.1, 0.15) is 5.75 Å². The van der Waals surface area contributed by atoms with E-state index in [1.807, 2.05) is 60.7 Å². The molecule has 0 fully saturated rings. The van der Waals surface area contributed by atoms with Crippen molar-refractivity contribution >= 4 is 5.91 Å². The predicted octanol–water partition coefficient (Wildman–Crippen LogP) is 4.34. The minimum atomic E-state index is -0.131. The van der Waals surface area contributed by atoms with Crippen molar-refractivity contribution in [2.24, 2.45) is 0 Å². The molecule has 4 nitrogen and oxygen atoms in total. The van der Waals surface area contributed by atoms with Gasteiger partial charge in [0.2, 0.25) is 0 Å². The molecule has 0 atom stereocenters. The molecule has 3 rings (SSSR count). The fourth-order valence-corrected chi connectivity index (χ4v) is 2.77. The van der Waals surface area contributed by atoms with Gasteiger partial charge >= 0.3 is 0 Å². The third-order valence-electron chi connectivity index (χ3n) is 4.26. The minimum Gasteiger partial charge on any atom is -0.497 e. The van der Waals surface area contributed by atoms with Crippen molar-refractivity contribution in [1.82, 2.24) is 5.32 Å². The number of ether oxygens (including phenoxy) is 2. The van der Waals surface area contributed by atoms with E-state index in [9.17, 15) is 4.79 Å². The normalized spacial score (nSPS) is 10.4. The molecular weight excluding hydrogens is 338 g/mol. The van der Waals surface area contributed by atoms with Crippen molar-refractivity contribution in [3.8, 4) is 5.75 Å². The molecule has 0 saturated carbocycles. The first kappa shape index (κ1) is 18.7. The second-order valence-electron chi connectivity index (χ2n) is 6.16. The smallest absolute Gasteiger partial charge is 0.251 e. The third kappa shape index (κ3) is 5.43. The van der Waals surface area contributed by atoms with Gasteiger partial charge in [-0.25, -0.2) is 0 Å². The largest absolute Gasteiger partial charge is 0.497 e. The van der Waals surface area contributed by atoms with Crippen molar-refractivity contribution in [3.05, 3.63) is 101 Å². The molecule has 0 bridgehead atoms. The van der Waals surface area contributed by atoms with Crippen molar-refractivity contribution < 1.29 is 14.3 Å². The van der Waals surface area contributed by atoms with Gasteiger partial charge in [-0.1, -0.05) is 60.7 Å². The fraction of sp³-hybridized carbons (Fsp3) is 0.174. The SMILES string of the molecule is COc1cccc(C(=O)NCc2ccccc2COCc2ccccc2)c1. The summed E-state index contributed by atoms with van der Waals surface area (Å²) in [6, 6.07) is 25.2. The third-order valence-corrected chi connectivity index (χ3v) is 4.26. The Bertz CT molecular complexity index is 878. The number of hydrogen-bond donors (Lipinski definition) is 1. The van der Waals surface area contributed by atoms with Gasteiger partial charge in [-0.15, -0.1) is 0 Å². The van der Waals surface area contributed by atoms with Gasteiger partial charge in [-0.2, -0.15) is 0 Å². The van der Waals surface area contributed by atoms with Crippen molar-refractivity contribution in [1.29, 1.82) is 0 Å². The van der Waals surface area contributed by atoms with E-state index in [-0.39, 0.29) is 5.91 Å². The lowest BCUT2D eigenvalue weighted by atomic mass is 10.1. The van der Waals surface area contributed by atoms with Crippen LogP contribution < -0.4 is 10.1 Å². The van der Waals surface area contributed by atoms with E-state index >= 15 is 0 Å². The zero-order valence-corrected chi connectivity index (χ0v) is 15.4. The molecule has 0 aliphatic carbocycles. The van der Waals surface area contributed by atoms with E-state index in [0.717, 1.165) is 16.7 Å². The molecule has 0 unspecified atom stereocenters. The summed E-state index contributed by atoms with van der Waals surface area (Å²) in [5, 5.41) is 2.97. The first-order valence-corrected chi connectivity index (χ1v) is 8.87. The van der Waals surface area contributed by atoms with Gasteiger partial charge in [0.05, 0.1) is 20.3 Å². The fourth-order valence-electron chi connectivity index (χ4n) is 2.77. The molecule has 0 radical (unpaired) electrons. The number of hydrogen-bond acceptors (Lipinski definition) is 3. The van der Waals surface area contributed by atoms with Crippen LogP contribution in [0.2, 0.25) is 0 Å². The maximum Gasteiger partial charge on any atom is 0.251 e. The van der Waals surface area contributed by atoms with E-state index in [4.69, 9.17) is 9.47 Å². The average Bonchev–Trinajstić information content (AvgIpc) is 2.73. The summed E-state index contributed by atoms with van der Waals surface area (Å²) in [5.74, 6) is 0.534. The Morgan fingerprint density at radius 2 is 1.59 bits per heavy atom. The Morgan fingerprint density at radius 1 is 0.852 bits per heavy atom. The van der Waals surface area contributed by atoms with Crippen molar-refractivity contribution in [2.75, 3.05) is 7.11 Å². The summed E-state index contributed by atoms with van der Waals surface area (Å²) in [6.07, 6.45) is 0. The second-order valence-corrected chi connectivity index (χ2v) is 6.16. The molecule has 138 valence electrons. The van der Waals surface area contributed by atoms with Crippen LogP contribution in [0.25, 0.3) is 0 Å². The molecular formula is C23H23NO3. The van der Waals surface area contributed by atoms with E-state index in [2.05, 4.69) is 5.32 Å². The molecule has 0 aliphatic rings. The molecule has 0 saturated heterocycles. The maximum atomic E-state index is 12.4. The van der Waals surface area contributed by atoms with Crippen LogP contribution in [0.1, 0.15) is 27.0 Å². The van der Waals surface area contributed by atoms with Crippen LogP contribution in [-0.4, -0.2) is 13.0 Å². The number of methoxy groups -OCH3 is 1. The standard InChI is InChI=1S/C23H23NO3/c1-26-22-13-7-12-19(14-22)23(25)24-15-20-10-5-6-11-21(20)17-27-16-18-8-3-2-4-9-18/h2-14H,15-17H2,1H3,(H,24,25). The summed E-state index contributed by atoms with van der Waals surface area (Å²) < 4.78 is 11.0. The quantitative estimate of drug-likeness (QED) is 0.649. The van der Waals surface area contributed by atoms with Crippen molar-refractivity contribution in [3.63, 3.8) is 0 Å². The number of nitrogens with one attached hydrogen (secondary N) is 1. The molecule has 3 aromatic rings. The first-order chi connectivity index (χ1) is 13.3. The van der Waals surface area contributed by atoms with Crippen LogP contribution in [0.15, 0.2) is 78.9 Å². The molecule has 27 heavy (non-hydrogen) atoms. The molecule has 3 aromatic carbocycles. The molecule has 0 aliphatic heterocycles. The highest BCUT2D eigenvalue weighted by molar-refractivity contribution is 5.94. The first-order valence-electron chi connectivity index (χ1n) is 8.87. The highest BCUT2D eigenvalue weighted by Crippen LogP contribution is 2.14. The Balaban J connectivity index is 1.57. The van der Waals surface area contributed by atoms with E-state index in [1.54, 1.807) is 25.3 Å². The summed E-state index contributed by atoms with van der Waals surface area (Å²) in [6.45, 7) is 1.51. The monoisotopic (exact) mass is 361 g/mol. The van der Waals surface area contributed by atoms with Gasteiger partial charge in [-0.3, -0.25) is 4.79 Å². The molecule has 4 heteroatoms. The molecule has 0 heterocycles. The van der Waals surface area contributed by atoms with E-state index in [0.29, 0.717) is 31.1 Å². The molecule has 0 aromatic heterocycles. The highest BCUT2D eigenvalue weighted by Gasteiger charge is 2.08. The van der Waals surface area contributed by atoms with Gasteiger partial charge in [0, 0.05) is 12.1 Å². The molecule has 1 N–H and O–H groups in total. The predicted molar refractivity (Wildman–Crippen MR) is 106 cm³/mol. The van der Waals surface area contributed by atoms with Gasteiger partial charge < -0.3 is 14.8 Å². The number of carbonyl (C=O) groups excluding carboxylic acids is 1. The maximum absolute atomic E-state index is 12.4. The van der Waals surface area contributed by atoms with Crippen LogP contribution in [-0.2, 0) is 24.5 Å². The highest BCUT2D eigenvalue weighted by atomic mass is 16.5. The van der Waals surface area contributed by atoms with Gasteiger partial charge in [0.15, 0.2) is 0 Å². The lowest BCUT2D eigenvalue weighted by Crippen LogP contribution is -2.23. The van der Waals surface area contributed by atoms with Crippen LogP contribution in [0.3, 0.4) is 0 Å². The number of benzene rings is 3. The zero-order valence-electron chi connectivity index (χ0n) is 15.4. The van der Waals surface area contributed by atoms with Crippen LogP contribution in [0, 0.1) is 0 Å². The zero-order chi connectivity index (χ0) is 18.9. The average molecular weight is 361 g/mol. The Hall–Kier alpha value is -3.11. The lowest BCUT2D eigenvalue weighted by molar-refractivity contribution is 0.0947. The number of amides is 1. The Kier molecular flexibility index (Phi) is 6.61. The van der Waals surface area contributed by atoms with Gasteiger partial charge in [0.25, 0.3) is 5.91 Å². The summed E-state index contributed by atoms with van der Waals surface area (Å²) in [7, 11) is 1.59. The second kappa shape index (κ2) is 9.55. The Morgan fingerprint density at radius 3 is 2.37 bits per heavy atom. The summed E-state index contributed by atoms with van der Waals surface area (Å²) in [5.41, 5.74) is 3.83. The lowest BCUT2D eigenvalue weighted by Gasteiger charge is -2.12. The topological polar surface area (TPSA) is 47.6 Å².